The first kappa shape index (κ1) is 39.1. The van der Waals surface area contributed by atoms with Gasteiger partial charge in [0.15, 0.2) is 0 Å². The monoisotopic (exact) mass is 743 g/mol. The number of aromatic hydroxyl groups is 1. The number of aliphatic hydroxyl groups is 2. The van der Waals surface area contributed by atoms with Gasteiger partial charge in [0.05, 0.1) is 31.2 Å². The number of phenolic OH excluding ortho intramolecular Hbond substituents is 1. The quantitative estimate of drug-likeness (QED) is 0.0558. The lowest BCUT2D eigenvalue weighted by atomic mass is 9.68. The first-order valence-electron chi connectivity index (χ1n) is 19.2. The summed E-state index contributed by atoms with van der Waals surface area (Å²) >= 11 is 0. The highest BCUT2D eigenvalue weighted by Crippen LogP contribution is 2.47. The molecule has 0 spiro atoms. The van der Waals surface area contributed by atoms with Crippen LogP contribution >= 0.6 is 0 Å². The molecule has 0 radical (unpaired) electrons. The van der Waals surface area contributed by atoms with Crippen LogP contribution in [0.1, 0.15) is 64.5 Å². The molecule has 6 rings (SSSR count). The van der Waals surface area contributed by atoms with Crippen LogP contribution in [0, 0.1) is 17.8 Å². The molecule has 1 saturated heterocycles. The van der Waals surface area contributed by atoms with Crippen LogP contribution in [0.25, 0.3) is 11.6 Å². The number of benzene rings is 4. The predicted molar refractivity (Wildman–Crippen MR) is 217 cm³/mol. The third-order valence-electron chi connectivity index (χ3n) is 11.3. The number of hydrogen-bond acceptors (Lipinski definition) is 6. The molecule has 2 amide bonds. The summed E-state index contributed by atoms with van der Waals surface area (Å²) in [5.74, 6) is -2.43. The van der Waals surface area contributed by atoms with E-state index in [0.29, 0.717) is 36.9 Å². The Morgan fingerprint density at radius 3 is 2.00 bits per heavy atom. The molecule has 1 aliphatic heterocycles. The highest BCUT2D eigenvalue weighted by Gasteiger charge is 2.56. The summed E-state index contributed by atoms with van der Waals surface area (Å²) in [4.78, 5) is 29.2. The van der Waals surface area contributed by atoms with Gasteiger partial charge in [0.2, 0.25) is 11.8 Å². The molecule has 1 fully saturated rings. The van der Waals surface area contributed by atoms with Gasteiger partial charge in [-0.05, 0) is 75.5 Å². The molecule has 0 saturated carbocycles. The zero-order valence-corrected chi connectivity index (χ0v) is 32.8. The summed E-state index contributed by atoms with van der Waals surface area (Å²) in [6.45, 7) is 8.66. The molecule has 3 N–H and O–H groups in total. The molecule has 7 nitrogen and oxygen atoms in total. The van der Waals surface area contributed by atoms with Gasteiger partial charge in [0.1, 0.15) is 5.75 Å². The van der Waals surface area contributed by atoms with Crippen molar-refractivity contribution in [2.75, 3.05) is 19.8 Å². The second kappa shape index (κ2) is 16.8. The summed E-state index contributed by atoms with van der Waals surface area (Å²) in [6.07, 6.45) is 2.57. The van der Waals surface area contributed by atoms with Gasteiger partial charge < -0.3 is 19.7 Å². The lowest BCUT2D eigenvalue weighted by molar-refractivity contribution is -0.140. The van der Waals surface area contributed by atoms with Gasteiger partial charge in [0.25, 0.3) is 8.32 Å². The van der Waals surface area contributed by atoms with Crippen molar-refractivity contribution in [2.24, 2.45) is 17.8 Å². The first-order valence-corrected chi connectivity index (χ1v) is 21.1. The third kappa shape index (κ3) is 7.66. The van der Waals surface area contributed by atoms with Crippen LogP contribution in [0.2, 0.25) is 5.04 Å². The molecule has 4 aromatic rings. The van der Waals surface area contributed by atoms with Gasteiger partial charge >= 0.3 is 0 Å². The molecule has 0 unspecified atom stereocenters. The minimum atomic E-state index is -3.02. The number of imide groups is 1. The lowest BCUT2D eigenvalue weighted by Crippen LogP contribution is -2.66. The van der Waals surface area contributed by atoms with E-state index in [1.165, 1.54) is 4.90 Å². The van der Waals surface area contributed by atoms with Crippen molar-refractivity contribution in [1.82, 2.24) is 4.90 Å². The van der Waals surface area contributed by atoms with Crippen LogP contribution in [0.15, 0.2) is 126 Å². The van der Waals surface area contributed by atoms with Crippen LogP contribution in [-0.2, 0) is 14.0 Å². The SMILES string of the molecule is CCCN1C(=O)[C@@H]2[C@@H](CC(CO[Si](c3ccccc3)(c3ccccc3)C(C)(C)C)=C([C@H](O)CC/C(=C/c3ccccc3O)c3ccccc3)[C@@H]2CO)C1=O. The maximum absolute atomic E-state index is 13.9. The fraction of sp³-hybridized carbons (Fsp3) is 0.348. The third-order valence-corrected chi connectivity index (χ3v) is 16.2. The van der Waals surface area contributed by atoms with E-state index in [1.54, 1.807) is 12.1 Å². The van der Waals surface area contributed by atoms with Crippen LogP contribution < -0.4 is 10.4 Å². The Hall–Kier alpha value is -4.60. The lowest BCUT2D eigenvalue weighted by Gasteiger charge is -2.44. The number of phenols is 1. The molecule has 8 heteroatoms. The molecule has 54 heavy (non-hydrogen) atoms. The number of rotatable bonds is 14. The van der Waals surface area contributed by atoms with Crippen molar-refractivity contribution in [2.45, 2.75) is 64.5 Å². The average molecular weight is 744 g/mol. The summed E-state index contributed by atoms with van der Waals surface area (Å²) in [7, 11) is -3.02. The minimum absolute atomic E-state index is 0.147. The smallest absolute Gasteiger partial charge is 0.261 e. The Morgan fingerprint density at radius 1 is 0.870 bits per heavy atom. The molecule has 4 atom stereocenters. The Bertz CT molecular complexity index is 1930. The van der Waals surface area contributed by atoms with Crippen molar-refractivity contribution < 1.29 is 29.3 Å². The molecule has 1 aliphatic carbocycles. The predicted octanol–water partition coefficient (Wildman–Crippen LogP) is 6.97. The number of para-hydroxylation sites is 1. The molecule has 4 aromatic carbocycles. The van der Waals surface area contributed by atoms with E-state index in [0.717, 1.165) is 27.1 Å². The van der Waals surface area contributed by atoms with Crippen LogP contribution in [0.3, 0.4) is 0 Å². The Labute approximate surface area is 320 Å². The number of likely N-dealkylation sites (tertiary alicyclic amines) is 1. The summed E-state index contributed by atoms with van der Waals surface area (Å²) in [5, 5.41) is 36.0. The summed E-state index contributed by atoms with van der Waals surface area (Å²) in [6, 6.07) is 37.7. The van der Waals surface area contributed by atoms with Crippen molar-refractivity contribution in [3.05, 3.63) is 138 Å². The number of fused-ring (bicyclic) bond motifs is 1. The average Bonchev–Trinajstić information content (AvgIpc) is 3.41. The zero-order valence-electron chi connectivity index (χ0n) is 31.8. The van der Waals surface area contributed by atoms with Crippen LogP contribution in [0.4, 0.5) is 0 Å². The number of nitrogens with zero attached hydrogens (tertiary/aromatic N) is 1. The highest BCUT2D eigenvalue weighted by atomic mass is 28.4. The highest BCUT2D eigenvalue weighted by molar-refractivity contribution is 6.99. The number of carbonyl (C=O) groups excluding carboxylic acids is 2. The molecular formula is C46H53NO6Si. The Kier molecular flexibility index (Phi) is 12.2. The normalized spacial score (nSPS) is 20.0. The molecule has 2 aliphatic rings. The van der Waals surface area contributed by atoms with E-state index in [4.69, 9.17) is 4.43 Å². The second-order valence-corrected chi connectivity index (χ2v) is 19.9. The zero-order chi connectivity index (χ0) is 38.5. The van der Waals surface area contributed by atoms with Gasteiger partial charge in [0, 0.05) is 18.0 Å². The van der Waals surface area contributed by atoms with Crippen molar-refractivity contribution >= 4 is 42.2 Å². The number of aliphatic hydroxyl groups excluding tert-OH is 2. The molecule has 0 bridgehead atoms. The fourth-order valence-electron chi connectivity index (χ4n) is 8.76. The fourth-order valence-corrected chi connectivity index (χ4v) is 13.3. The van der Waals surface area contributed by atoms with Crippen LogP contribution in [0.5, 0.6) is 5.75 Å². The standard InChI is InChI=1S/C46H53NO6Si/c1-5-27-47-44(51)38-29-35(31-53-54(46(2,3)4,36-20-11-7-12-21-36)37-22-13-8-14-23-37)42(39(30-48)43(38)45(47)52)41(50)26-25-33(32-17-9-6-10-18-32)28-34-19-15-16-24-40(34)49/h6-24,28,38-39,41,43,48-50H,5,25-27,29-31H2,1-4H3/b33-28-/t38-,39+,41-,43-/m1/s1. The largest absolute Gasteiger partial charge is 0.507 e. The molecule has 282 valence electrons. The maximum atomic E-state index is 13.9. The maximum Gasteiger partial charge on any atom is 0.261 e. The summed E-state index contributed by atoms with van der Waals surface area (Å²) in [5.41, 5.74) is 3.94. The number of allylic oxidation sites excluding steroid dienone is 1. The van der Waals surface area contributed by atoms with E-state index in [2.05, 4.69) is 45.0 Å². The van der Waals surface area contributed by atoms with Crippen molar-refractivity contribution in [1.29, 1.82) is 0 Å². The first-order chi connectivity index (χ1) is 26.0. The number of hydrogen-bond donors (Lipinski definition) is 3. The number of carbonyl (C=O) groups is 2. The van der Waals surface area contributed by atoms with Gasteiger partial charge in [-0.15, -0.1) is 0 Å². The van der Waals surface area contributed by atoms with E-state index in [-0.39, 0.29) is 42.2 Å². The summed E-state index contributed by atoms with van der Waals surface area (Å²) < 4.78 is 7.39. The molecule has 0 aromatic heterocycles. The van der Waals surface area contributed by atoms with Crippen molar-refractivity contribution in [3.8, 4) is 5.75 Å². The van der Waals surface area contributed by atoms with E-state index < -0.39 is 32.2 Å². The van der Waals surface area contributed by atoms with Crippen LogP contribution in [-0.4, -0.2) is 66.2 Å². The van der Waals surface area contributed by atoms with E-state index in [9.17, 15) is 24.9 Å². The topological polar surface area (TPSA) is 107 Å². The van der Waals surface area contributed by atoms with Gasteiger partial charge in [-0.3, -0.25) is 14.5 Å². The molecular weight excluding hydrogens is 691 g/mol. The van der Waals surface area contributed by atoms with Gasteiger partial charge in [-0.25, -0.2) is 0 Å². The Balaban J connectivity index is 1.43. The van der Waals surface area contributed by atoms with Gasteiger partial charge in [-0.1, -0.05) is 137 Å². The minimum Gasteiger partial charge on any atom is -0.507 e. The van der Waals surface area contributed by atoms with Gasteiger partial charge in [-0.2, -0.15) is 0 Å². The van der Waals surface area contributed by atoms with Crippen molar-refractivity contribution in [3.63, 3.8) is 0 Å². The van der Waals surface area contributed by atoms with E-state index in [1.807, 2.05) is 91.9 Å². The molecule has 1 heterocycles. The van der Waals surface area contributed by atoms with E-state index >= 15 is 0 Å². The number of amides is 2. The Morgan fingerprint density at radius 2 is 1.44 bits per heavy atom. The second-order valence-electron chi connectivity index (χ2n) is 15.6.